The van der Waals surface area contributed by atoms with Gasteiger partial charge in [-0.25, -0.2) is 0 Å². The van der Waals surface area contributed by atoms with Gasteiger partial charge in [0.2, 0.25) is 0 Å². The van der Waals surface area contributed by atoms with E-state index in [1.165, 1.54) is 5.06 Å². The summed E-state index contributed by atoms with van der Waals surface area (Å²) >= 11 is 0. The number of allylic oxidation sites excluding steroid dienone is 2. The van der Waals surface area contributed by atoms with Crippen LogP contribution >= 0.6 is 0 Å². The van der Waals surface area contributed by atoms with Crippen LogP contribution in [0.1, 0.15) is 20.3 Å². The molecule has 0 spiro atoms. The summed E-state index contributed by atoms with van der Waals surface area (Å²) in [6.07, 6.45) is 7.33. The summed E-state index contributed by atoms with van der Waals surface area (Å²) in [5, 5.41) is 20.6. The first-order chi connectivity index (χ1) is 6.11. The van der Waals surface area contributed by atoms with Crippen molar-refractivity contribution in [1.29, 1.82) is 0 Å². The van der Waals surface area contributed by atoms with E-state index >= 15 is 0 Å². The van der Waals surface area contributed by atoms with Crippen molar-refractivity contribution in [2.75, 3.05) is 6.54 Å². The monoisotopic (exact) mass is 183 g/mol. The number of nitrogens with zero attached hydrogens (tertiary/aromatic N) is 1. The summed E-state index contributed by atoms with van der Waals surface area (Å²) in [6, 6.07) is 0. The zero-order valence-electron chi connectivity index (χ0n) is 8.14. The van der Waals surface area contributed by atoms with Crippen LogP contribution in [0.25, 0.3) is 0 Å². The van der Waals surface area contributed by atoms with Crippen LogP contribution in [0.4, 0.5) is 0 Å². The largest absolute Gasteiger partial charge is 0.387 e. The highest BCUT2D eigenvalue weighted by molar-refractivity contribution is 5.23. The van der Waals surface area contributed by atoms with Crippen LogP contribution in [-0.2, 0) is 0 Å². The Kier molecular flexibility index (Phi) is 3.25. The molecule has 2 atom stereocenters. The number of aliphatic hydroxyl groups is 1. The van der Waals surface area contributed by atoms with Crippen molar-refractivity contribution in [3.8, 4) is 0 Å². The second-order valence-corrected chi connectivity index (χ2v) is 3.54. The van der Waals surface area contributed by atoms with Crippen molar-refractivity contribution in [2.24, 2.45) is 0 Å². The molecular formula is C10H17NO2. The highest BCUT2D eigenvalue weighted by atomic mass is 16.5. The maximum Gasteiger partial charge on any atom is 0.0963 e. The minimum absolute atomic E-state index is 0.561. The molecule has 0 bridgehead atoms. The van der Waals surface area contributed by atoms with Gasteiger partial charge >= 0.3 is 0 Å². The molecule has 2 N–H and O–H groups in total. The smallest absolute Gasteiger partial charge is 0.0963 e. The first-order valence-corrected chi connectivity index (χ1v) is 4.62. The number of aliphatic hydroxyl groups excluding tert-OH is 1. The second-order valence-electron chi connectivity index (χ2n) is 3.54. The van der Waals surface area contributed by atoms with E-state index in [-0.39, 0.29) is 0 Å². The fourth-order valence-corrected chi connectivity index (χ4v) is 1.40. The van der Waals surface area contributed by atoms with Gasteiger partial charge < -0.3 is 10.3 Å². The van der Waals surface area contributed by atoms with Gasteiger partial charge in [-0.3, -0.25) is 0 Å². The zero-order chi connectivity index (χ0) is 9.90. The van der Waals surface area contributed by atoms with Gasteiger partial charge in [0.05, 0.1) is 11.6 Å². The highest BCUT2D eigenvalue weighted by Gasteiger charge is 2.35. The summed E-state index contributed by atoms with van der Waals surface area (Å²) in [4.78, 5) is 0. The molecule has 74 valence electrons. The van der Waals surface area contributed by atoms with Gasteiger partial charge in [0.15, 0.2) is 0 Å². The Bertz CT molecular complexity index is 225. The summed E-state index contributed by atoms with van der Waals surface area (Å²) in [7, 11) is 0. The zero-order valence-corrected chi connectivity index (χ0v) is 8.14. The topological polar surface area (TPSA) is 43.7 Å². The summed E-state index contributed by atoms with van der Waals surface area (Å²) in [6.45, 7) is 4.36. The molecule has 3 heteroatoms. The van der Waals surface area contributed by atoms with Crippen LogP contribution in [0.3, 0.4) is 0 Å². The summed E-state index contributed by atoms with van der Waals surface area (Å²) in [5.41, 5.74) is -0.676. The Morgan fingerprint density at radius 2 is 2.15 bits per heavy atom. The fourth-order valence-electron chi connectivity index (χ4n) is 1.40. The molecule has 0 aromatic rings. The third-order valence-electron chi connectivity index (χ3n) is 2.43. The molecule has 0 amide bonds. The van der Waals surface area contributed by atoms with Crippen molar-refractivity contribution in [1.82, 2.24) is 5.06 Å². The fraction of sp³-hybridized carbons (Fsp3) is 0.600. The average Bonchev–Trinajstić information content (AvgIpc) is 2.11. The lowest BCUT2D eigenvalue weighted by Crippen LogP contribution is -2.52. The van der Waals surface area contributed by atoms with Gasteiger partial charge in [-0.2, -0.15) is 5.06 Å². The Morgan fingerprint density at radius 1 is 1.46 bits per heavy atom. The van der Waals surface area contributed by atoms with Gasteiger partial charge in [0.25, 0.3) is 0 Å². The van der Waals surface area contributed by atoms with Crippen LogP contribution in [0.15, 0.2) is 24.3 Å². The number of hydrogen-bond donors (Lipinski definition) is 2. The Morgan fingerprint density at radius 3 is 2.69 bits per heavy atom. The van der Waals surface area contributed by atoms with Gasteiger partial charge in [-0.1, -0.05) is 31.2 Å². The molecule has 0 radical (unpaired) electrons. The molecule has 0 aliphatic heterocycles. The molecule has 0 aromatic heterocycles. The molecule has 0 fully saturated rings. The van der Waals surface area contributed by atoms with Crippen LogP contribution in [0.2, 0.25) is 0 Å². The molecule has 0 saturated heterocycles. The van der Waals surface area contributed by atoms with Crippen LogP contribution in [0.5, 0.6) is 0 Å². The van der Waals surface area contributed by atoms with Gasteiger partial charge in [0, 0.05) is 6.54 Å². The standard InChI is InChI=1S/C10H17NO2/c1-3-8-11(13)10(2)7-5-4-6-9(10)12/h4-7,9,12-13H,3,8H2,1-2H3. The predicted molar refractivity (Wildman–Crippen MR) is 51.5 cm³/mol. The molecular weight excluding hydrogens is 166 g/mol. The molecule has 0 aromatic carbocycles. The first kappa shape index (κ1) is 10.4. The first-order valence-electron chi connectivity index (χ1n) is 4.62. The number of hydrogen-bond acceptors (Lipinski definition) is 3. The van der Waals surface area contributed by atoms with E-state index in [0.717, 1.165) is 6.42 Å². The molecule has 0 saturated carbocycles. The average molecular weight is 183 g/mol. The Labute approximate surface area is 78.9 Å². The van der Waals surface area contributed by atoms with E-state index in [0.29, 0.717) is 6.54 Å². The van der Waals surface area contributed by atoms with Crippen molar-refractivity contribution in [3.05, 3.63) is 24.3 Å². The third kappa shape index (κ3) is 1.99. The Balaban J connectivity index is 2.74. The minimum Gasteiger partial charge on any atom is -0.387 e. The van der Waals surface area contributed by atoms with Crippen molar-refractivity contribution in [2.45, 2.75) is 31.9 Å². The lowest BCUT2D eigenvalue weighted by molar-refractivity contribution is -0.175. The minimum atomic E-state index is -0.676. The second kappa shape index (κ2) is 4.05. The molecule has 2 unspecified atom stereocenters. The lowest BCUT2D eigenvalue weighted by Gasteiger charge is -2.38. The van der Waals surface area contributed by atoms with Gasteiger partial charge in [0.1, 0.15) is 0 Å². The lowest BCUT2D eigenvalue weighted by atomic mass is 9.90. The number of rotatable bonds is 3. The summed E-state index contributed by atoms with van der Waals surface area (Å²) in [5.74, 6) is 0. The van der Waals surface area contributed by atoms with Crippen LogP contribution < -0.4 is 0 Å². The number of hydroxylamine groups is 2. The third-order valence-corrected chi connectivity index (χ3v) is 2.43. The van der Waals surface area contributed by atoms with Gasteiger partial charge in [-0.15, -0.1) is 0 Å². The van der Waals surface area contributed by atoms with Crippen LogP contribution in [0, 0.1) is 0 Å². The quantitative estimate of drug-likeness (QED) is 0.649. The predicted octanol–water partition coefficient (Wildman–Crippen LogP) is 1.33. The van der Waals surface area contributed by atoms with E-state index < -0.39 is 11.6 Å². The van der Waals surface area contributed by atoms with Crippen LogP contribution in [-0.4, -0.2) is 33.6 Å². The maximum atomic E-state index is 9.69. The molecule has 0 heterocycles. The maximum absolute atomic E-state index is 9.69. The normalized spacial score (nSPS) is 32.8. The molecule has 1 rings (SSSR count). The summed E-state index contributed by atoms with van der Waals surface area (Å²) < 4.78 is 0. The Hall–Kier alpha value is -0.640. The van der Waals surface area contributed by atoms with Gasteiger partial charge in [-0.05, 0) is 13.3 Å². The molecule has 3 nitrogen and oxygen atoms in total. The van der Waals surface area contributed by atoms with Crippen molar-refractivity contribution in [3.63, 3.8) is 0 Å². The van der Waals surface area contributed by atoms with Crippen molar-refractivity contribution < 1.29 is 10.3 Å². The highest BCUT2D eigenvalue weighted by Crippen LogP contribution is 2.23. The van der Waals surface area contributed by atoms with E-state index in [2.05, 4.69) is 0 Å². The van der Waals surface area contributed by atoms with E-state index in [9.17, 15) is 10.3 Å². The molecule has 1 aliphatic rings. The molecule has 1 aliphatic carbocycles. The van der Waals surface area contributed by atoms with E-state index in [1.807, 2.05) is 26.0 Å². The van der Waals surface area contributed by atoms with E-state index in [1.54, 1.807) is 12.2 Å². The van der Waals surface area contributed by atoms with E-state index in [4.69, 9.17) is 0 Å². The van der Waals surface area contributed by atoms with Crippen molar-refractivity contribution >= 4 is 0 Å². The molecule has 13 heavy (non-hydrogen) atoms. The SMILES string of the molecule is CCCN(O)C1(C)C=CC=CC1O.